The van der Waals surface area contributed by atoms with Crippen molar-refractivity contribution >= 4 is 17.2 Å². The van der Waals surface area contributed by atoms with Crippen molar-refractivity contribution < 1.29 is 4.74 Å². The van der Waals surface area contributed by atoms with E-state index in [4.69, 9.17) is 16.3 Å². The van der Waals surface area contributed by atoms with Crippen LogP contribution in [0.4, 0.5) is 0 Å². The van der Waals surface area contributed by atoms with Gasteiger partial charge < -0.3 is 9.14 Å². The SMILES string of the molecule is COc1cccn2cc(Cc3ccc(Cl)cc3)nc12. The molecule has 2 aromatic heterocycles. The van der Waals surface area contributed by atoms with Crippen molar-refractivity contribution in [2.45, 2.75) is 6.42 Å². The molecule has 3 rings (SSSR count). The molecule has 0 unspecified atom stereocenters. The van der Waals surface area contributed by atoms with E-state index in [-0.39, 0.29) is 0 Å². The van der Waals surface area contributed by atoms with Crippen LogP contribution in [-0.2, 0) is 6.42 Å². The van der Waals surface area contributed by atoms with Gasteiger partial charge >= 0.3 is 0 Å². The van der Waals surface area contributed by atoms with Crippen LogP contribution in [0.3, 0.4) is 0 Å². The summed E-state index contributed by atoms with van der Waals surface area (Å²) in [7, 11) is 1.66. The minimum absolute atomic E-state index is 0.750. The molecule has 0 bridgehead atoms. The molecule has 96 valence electrons. The predicted molar refractivity (Wildman–Crippen MR) is 76.0 cm³/mol. The highest BCUT2D eigenvalue weighted by Crippen LogP contribution is 2.20. The van der Waals surface area contributed by atoms with Gasteiger partial charge in [-0.3, -0.25) is 0 Å². The lowest BCUT2D eigenvalue weighted by molar-refractivity contribution is 0.417. The van der Waals surface area contributed by atoms with Crippen LogP contribution < -0.4 is 4.74 Å². The van der Waals surface area contributed by atoms with E-state index < -0.39 is 0 Å². The number of hydrogen-bond donors (Lipinski definition) is 0. The van der Waals surface area contributed by atoms with Gasteiger partial charge in [-0.15, -0.1) is 0 Å². The molecular weight excluding hydrogens is 260 g/mol. The number of benzene rings is 1. The molecule has 0 aliphatic rings. The molecule has 3 nitrogen and oxygen atoms in total. The molecule has 0 atom stereocenters. The summed E-state index contributed by atoms with van der Waals surface area (Å²) >= 11 is 5.88. The largest absolute Gasteiger partial charge is 0.493 e. The maximum Gasteiger partial charge on any atom is 0.179 e. The Morgan fingerprint density at radius 3 is 2.74 bits per heavy atom. The summed E-state index contributed by atoms with van der Waals surface area (Å²) in [5.74, 6) is 0.782. The van der Waals surface area contributed by atoms with Crippen molar-refractivity contribution in [1.29, 1.82) is 0 Å². The van der Waals surface area contributed by atoms with Crippen LogP contribution >= 0.6 is 11.6 Å². The fourth-order valence-corrected chi connectivity index (χ4v) is 2.22. The number of imidazole rings is 1. The molecule has 2 heterocycles. The summed E-state index contributed by atoms with van der Waals surface area (Å²) in [6.07, 6.45) is 4.77. The molecule has 0 saturated heterocycles. The van der Waals surface area contributed by atoms with Gasteiger partial charge in [0.1, 0.15) is 0 Å². The third-order valence-corrected chi connectivity index (χ3v) is 3.27. The molecule has 0 radical (unpaired) electrons. The average molecular weight is 273 g/mol. The van der Waals surface area contributed by atoms with Gasteiger partial charge in [-0.1, -0.05) is 23.7 Å². The van der Waals surface area contributed by atoms with Crippen LogP contribution in [0.1, 0.15) is 11.3 Å². The third-order valence-electron chi connectivity index (χ3n) is 3.02. The normalized spacial score (nSPS) is 10.8. The van der Waals surface area contributed by atoms with E-state index in [0.29, 0.717) is 0 Å². The number of methoxy groups -OCH3 is 1. The monoisotopic (exact) mass is 272 g/mol. The first kappa shape index (κ1) is 12.1. The lowest BCUT2D eigenvalue weighted by Crippen LogP contribution is -1.89. The molecule has 0 spiro atoms. The number of ether oxygens (including phenoxy) is 1. The number of pyridine rings is 1. The lowest BCUT2D eigenvalue weighted by atomic mass is 10.1. The first-order chi connectivity index (χ1) is 9.26. The standard InChI is InChI=1S/C15H13ClN2O/c1-19-14-3-2-8-18-10-13(17-15(14)18)9-11-4-6-12(16)7-5-11/h2-8,10H,9H2,1H3. The highest BCUT2D eigenvalue weighted by molar-refractivity contribution is 6.30. The summed E-state index contributed by atoms with van der Waals surface area (Å²) in [6.45, 7) is 0. The second kappa shape index (κ2) is 4.94. The van der Waals surface area contributed by atoms with Gasteiger partial charge in [0.15, 0.2) is 11.4 Å². The van der Waals surface area contributed by atoms with Gasteiger partial charge in [0.2, 0.25) is 0 Å². The van der Waals surface area contributed by atoms with Crippen LogP contribution in [0, 0.1) is 0 Å². The van der Waals surface area contributed by atoms with E-state index >= 15 is 0 Å². The van der Waals surface area contributed by atoms with Crippen LogP contribution in [0.15, 0.2) is 48.8 Å². The van der Waals surface area contributed by atoms with Gasteiger partial charge in [0, 0.05) is 23.8 Å². The highest BCUT2D eigenvalue weighted by atomic mass is 35.5. The average Bonchev–Trinajstić information content (AvgIpc) is 2.83. The van der Waals surface area contributed by atoms with Crippen LogP contribution in [-0.4, -0.2) is 16.5 Å². The molecule has 1 aromatic carbocycles. The molecule has 0 aliphatic carbocycles. The number of hydrogen-bond acceptors (Lipinski definition) is 2. The van der Waals surface area contributed by atoms with Crippen molar-refractivity contribution in [2.75, 3.05) is 7.11 Å². The van der Waals surface area contributed by atoms with E-state index in [1.54, 1.807) is 7.11 Å². The lowest BCUT2D eigenvalue weighted by Gasteiger charge is -1.99. The number of nitrogens with zero attached hydrogens (tertiary/aromatic N) is 2. The molecule has 4 heteroatoms. The summed E-state index contributed by atoms with van der Waals surface area (Å²) in [5, 5.41) is 0.750. The topological polar surface area (TPSA) is 26.5 Å². The Balaban J connectivity index is 1.95. The first-order valence-electron chi connectivity index (χ1n) is 6.01. The van der Waals surface area contributed by atoms with Gasteiger partial charge in [-0.05, 0) is 29.8 Å². The molecule has 0 amide bonds. The summed E-state index contributed by atoms with van der Waals surface area (Å²) in [6, 6.07) is 11.7. The van der Waals surface area contributed by atoms with Crippen molar-refractivity contribution in [1.82, 2.24) is 9.38 Å². The quantitative estimate of drug-likeness (QED) is 0.728. The maximum absolute atomic E-state index is 5.88. The molecule has 0 aliphatic heterocycles. The zero-order chi connectivity index (χ0) is 13.2. The van der Waals surface area contributed by atoms with Crippen molar-refractivity contribution in [3.63, 3.8) is 0 Å². The first-order valence-corrected chi connectivity index (χ1v) is 6.39. The van der Waals surface area contributed by atoms with Crippen molar-refractivity contribution in [3.05, 3.63) is 65.1 Å². The second-order valence-corrected chi connectivity index (χ2v) is 4.78. The van der Waals surface area contributed by atoms with Gasteiger partial charge in [0.05, 0.1) is 12.8 Å². The molecule has 19 heavy (non-hydrogen) atoms. The van der Waals surface area contributed by atoms with E-state index in [9.17, 15) is 0 Å². The molecule has 0 fully saturated rings. The number of fused-ring (bicyclic) bond motifs is 1. The second-order valence-electron chi connectivity index (χ2n) is 4.34. The molecule has 0 saturated carbocycles. The van der Waals surface area contributed by atoms with E-state index in [0.717, 1.165) is 28.5 Å². The number of rotatable bonds is 3. The van der Waals surface area contributed by atoms with Gasteiger partial charge in [-0.25, -0.2) is 4.98 Å². The molecular formula is C15H13ClN2O. The zero-order valence-electron chi connectivity index (χ0n) is 10.5. The summed E-state index contributed by atoms with van der Waals surface area (Å²) < 4.78 is 7.28. The van der Waals surface area contributed by atoms with Crippen molar-refractivity contribution in [3.8, 4) is 5.75 Å². The van der Waals surface area contributed by atoms with Crippen LogP contribution in [0.5, 0.6) is 5.75 Å². The minimum atomic E-state index is 0.750. The van der Waals surface area contributed by atoms with Gasteiger partial charge in [-0.2, -0.15) is 0 Å². The molecule has 3 aromatic rings. The zero-order valence-corrected chi connectivity index (χ0v) is 11.3. The highest BCUT2D eigenvalue weighted by Gasteiger charge is 2.07. The minimum Gasteiger partial charge on any atom is -0.493 e. The predicted octanol–water partition coefficient (Wildman–Crippen LogP) is 3.59. The summed E-state index contributed by atoms with van der Waals surface area (Å²) in [4.78, 5) is 4.61. The van der Waals surface area contributed by atoms with E-state index in [1.807, 2.05) is 53.2 Å². The Kier molecular flexibility index (Phi) is 3.13. The Morgan fingerprint density at radius 2 is 2.00 bits per heavy atom. The Hall–Kier alpha value is -2.00. The summed E-state index contributed by atoms with van der Waals surface area (Å²) in [5.41, 5.74) is 3.03. The van der Waals surface area contributed by atoms with Crippen molar-refractivity contribution in [2.24, 2.45) is 0 Å². The van der Waals surface area contributed by atoms with Crippen LogP contribution in [0.25, 0.3) is 5.65 Å². The Bertz CT molecular complexity index is 704. The Morgan fingerprint density at radius 1 is 1.21 bits per heavy atom. The fourth-order valence-electron chi connectivity index (χ4n) is 2.09. The van der Waals surface area contributed by atoms with E-state index in [2.05, 4.69) is 4.98 Å². The van der Waals surface area contributed by atoms with Gasteiger partial charge in [0.25, 0.3) is 0 Å². The molecule has 0 N–H and O–H groups in total. The maximum atomic E-state index is 5.88. The third kappa shape index (κ3) is 2.42. The smallest absolute Gasteiger partial charge is 0.179 e. The van der Waals surface area contributed by atoms with E-state index in [1.165, 1.54) is 5.56 Å². The Labute approximate surface area is 116 Å². The number of aromatic nitrogens is 2. The number of halogens is 1. The van der Waals surface area contributed by atoms with Crippen LogP contribution in [0.2, 0.25) is 5.02 Å². The fraction of sp³-hybridized carbons (Fsp3) is 0.133.